The van der Waals surface area contributed by atoms with Gasteiger partial charge in [0.25, 0.3) is 5.69 Å². The van der Waals surface area contributed by atoms with Crippen LogP contribution in [0.5, 0.6) is 0 Å². The summed E-state index contributed by atoms with van der Waals surface area (Å²) in [6.45, 7) is 1.70. The number of nitrogens with two attached hydrogens (primary N) is 1. The summed E-state index contributed by atoms with van der Waals surface area (Å²) in [6, 6.07) is 3.73. The molecule has 0 heterocycles. The van der Waals surface area contributed by atoms with Gasteiger partial charge in [-0.2, -0.15) is 11.8 Å². The Hall–Kier alpha value is -1.60. The molecule has 0 aliphatic heterocycles. The van der Waals surface area contributed by atoms with E-state index in [1.165, 1.54) is 18.2 Å². The monoisotopic (exact) mass is 283 g/mol. The normalized spacial score (nSPS) is 11.9. The number of nitro benzene ring substituents is 1. The van der Waals surface area contributed by atoms with E-state index in [9.17, 15) is 14.9 Å². The second-order valence-electron chi connectivity index (χ2n) is 4.13. The van der Waals surface area contributed by atoms with Gasteiger partial charge in [0.15, 0.2) is 0 Å². The minimum atomic E-state index is -0.568. The molecule has 0 aliphatic rings. The Morgan fingerprint density at radius 3 is 2.79 bits per heavy atom. The fourth-order valence-electron chi connectivity index (χ4n) is 1.50. The van der Waals surface area contributed by atoms with Crippen molar-refractivity contribution in [2.24, 2.45) is 5.73 Å². The predicted octanol–water partition coefficient (Wildman–Crippen LogP) is 1.92. The largest absolute Gasteiger partial charge is 0.324 e. The van der Waals surface area contributed by atoms with Gasteiger partial charge in [-0.3, -0.25) is 14.9 Å². The van der Waals surface area contributed by atoms with E-state index >= 15 is 0 Å². The Kier molecular flexibility index (Phi) is 5.78. The van der Waals surface area contributed by atoms with Gasteiger partial charge < -0.3 is 11.1 Å². The molecule has 3 N–H and O–H groups in total. The van der Waals surface area contributed by atoms with Gasteiger partial charge in [0.05, 0.1) is 11.0 Å². The lowest BCUT2D eigenvalue weighted by Crippen LogP contribution is -2.36. The van der Waals surface area contributed by atoms with E-state index in [2.05, 4.69) is 5.32 Å². The van der Waals surface area contributed by atoms with E-state index in [1.807, 2.05) is 6.26 Å². The van der Waals surface area contributed by atoms with Crippen LogP contribution in [0.2, 0.25) is 0 Å². The van der Waals surface area contributed by atoms with E-state index < -0.39 is 11.0 Å². The molecule has 1 aromatic rings. The van der Waals surface area contributed by atoms with Crippen molar-refractivity contribution in [1.82, 2.24) is 0 Å². The van der Waals surface area contributed by atoms with E-state index in [0.717, 1.165) is 5.75 Å². The Morgan fingerprint density at radius 2 is 2.26 bits per heavy atom. The van der Waals surface area contributed by atoms with E-state index in [0.29, 0.717) is 17.7 Å². The lowest BCUT2D eigenvalue weighted by Gasteiger charge is -2.13. The fourth-order valence-corrected chi connectivity index (χ4v) is 1.99. The molecule has 104 valence electrons. The number of nitro groups is 1. The lowest BCUT2D eigenvalue weighted by molar-refractivity contribution is -0.384. The number of hydrogen-bond donors (Lipinski definition) is 2. The zero-order chi connectivity index (χ0) is 14.4. The molecule has 0 unspecified atom stereocenters. The van der Waals surface area contributed by atoms with E-state index in [1.54, 1.807) is 18.7 Å². The Labute approximate surface area is 115 Å². The minimum Gasteiger partial charge on any atom is -0.324 e. The second kappa shape index (κ2) is 7.10. The average Bonchev–Trinajstić information content (AvgIpc) is 2.37. The molecule has 0 aromatic heterocycles. The minimum absolute atomic E-state index is 0.00202. The number of benzene rings is 1. The molecule has 0 bridgehead atoms. The van der Waals surface area contributed by atoms with Crippen LogP contribution in [0.4, 0.5) is 11.4 Å². The molecule has 0 aliphatic carbocycles. The Bertz CT molecular complexity index is 479. The number of rotatable bonds is 6. The van der Waals surface area contributed by atoms with Gasteiger partial charge in [0.2, 0.25) is 5.91 Å². The van der Waals surface area contributed by atoms with Crippen LogP contribution >= 0.6 is 11.8 Å². The molecule has 19 heavy (non-hydrogen) atoms. The number of anilines is 1. The molecule has 6 nitrogen and oxygen atoms in total. The number of carbonyl (C=O) groups is 1. The average molecular weight is 283 g/mol. The molecule has 1 atom stereocenters. The zero-order valence-electron chi connectivity index (χ0n) is 10.9. The second-order valence-corrected chi connectivity index (χ2v) is 5.12. The van der Waals surface area contributed by atoms with Crippen LogP contribution in [-0.4, -0.2) is 28.9 Å². The van der Waals surface area contributed by atoms with Crippen LogP contribution in [0.1, 0.15) is 12.0 Å². The third-order valence-corrected chi connectivity index (χ3v) is 3.29. The van der Waals surface area contributed by atoms with Crippen molar-refractivity contribution in [3.63, 3.8) is 0 Å². The molecule has 0 fully saturated rings. The van der Waals surface area contributed by atoms with Gasteiger partial charge in [-0.05, 0) is 37.0 Å². The van der Waals surface area contributed by atoms with Gasteiger partial charge in [0.1, 0.15) is 0 Å². The standard InChI is InChI=1S/C12H17N3O3S/c1-8-7-9(15(17)18)3-4-11(8)14-12(16)10(13)5-6-19-2/h3-4,7,10H,5-6,13H2,1-2H3,(H,14,16)/t10-/m1/s1. The zero-order valence-corrected chi connectivity index (χ0v) is 11.7. The molecule has 1 rings (SSSR count). The molecule has 7 heteroatoms. The molecule has 0 spiro atoms. The van der Waals surface area contributed by atoms with Crippen LogP contribution in [0.25, 0.3) is 0 Å². The molecule has 1 aromatic carbocycles. The summed E-state index contributed by atoms with van der Waals surface area (Å²) in [5.74, 6) is 0.541. The first-order valence-electron chi connectivity index (χ1n) is 5.76. The Balaban J connectivity index is 2.72. The highest BCUT2D eigenvalue weighted by atomic mass is 32.2. The quantitative estimate of drug-likeness (QED) is 0.614. The maximum absolute atomic E-state index is 11.8. The first-order chi connectivity index (χ1) is 8.95. The highest BCUT2D eigenvalue weighted by Crippen LogP contribution is 2.21. The summed E-state index contributed by atoms with van der Waals surface area (Å²) in [7, 11) is 0. The number of nitrogens with zero attached hydrogens (tertiary/aromatic N) is 1. The highest BCUT2D eigenvalue weighted by Gasteiger charge is 2.15. The number of aryl methyl sites for hydroxylation is 1. The number of hydrogen-bond acceptors (Lipinski definition) is 5. The van der Waals surface area contributed by atoms with Crippen molar-refractivity contribution in [1.29, 1.82) is 0 Å². The van der Waals surface area contributed by atoms with Crippen molar-refractivity contribution in [3.8, 4) is 0 Å². The summed E-state index contributed by atoms with van der Waals surface area (Å²) in [4.78, 5) is 21.9. The summed E-state index contributed by atoms with van der Waals surface area (Å²) in [5, 5.41) is 13.3. The van der Waals surface area contributed by atoms with Crippen molar-refractivity contribution in [2.75, 3.05) is 17.3 Å². The highest BCUT2D eigenvalue weighted by molar-refractivity contribution is 7.98. The third-order valence-electron chi connectivity index (χ3n) is 2.65. The fraction of sp³-hybridized carbons (Fsp3) is 0.417. The summed E-state index contributed by atoms with van der Waals surface area (Å²) >= 11 is 1.63. The van der Waals surface area contributed by atoms with E-state index in [-0.39, 0.29) is 11.6 Å². The number of carbonyl (C=O) groups excluding carboxylic acids is 1. The van der Waals surface area contributed by atoms with Gasteiger partial charge in [-0.1, -0.05) is 0 Å². The maximum Gasteiger partial charge on any atom is 0.269 e. The van der Waals surface area contributed by atoms with Crippen molar-refractivity contribution in [2.45, 2.75) is 19.4 Å². The molecule has 0 saturated carbocycles. The third kappa shape index (κ3) is 4.53. The molecule has 0 saturated heterocycles. The van der Waals surface area contributed by atoms with Gasteiger partial charge in [0, 0.05) is 17.8 Å². The Morgan fingerprint density at radius 1 is 1.58 bits per heavy atom. The van der Waals surface area contributed by atoms with Crippen molar-refractivity contribution < 1.29 is 9.72 Å². The molecular weight excluding hydrogens is 266 g/mol. The first kappa shape index (κ1) is 15.5. The topological polar surface area (TPSA) is 98.3 Å². The van der Waals surface area contributed by atoms with Crippen molar-refractivity contribution in [3.05, 3.63) is 33.9 Å². The van der Waals surface area contributed by atoms with Crippen molar-refractivity contribution >= 4 is 29.0 Å². The predicted molar refractivity (Wildman–Crippen MR) is 77.4 cm³/mol. The summed E-state index contributed by atoms with van der Waals surface area (Å²) in [5.41, 5.74) is 6.94. The van der Waals surface area contributed by atoms with Crippen LogP contribution in [0, 0.1) is 17.0 Å². The smallest absolute Gasteiger partial charge is 0.269 e. The maximum atomic E-state index is 11.8. The number of nitrogens with one attached hydrogen (secondary N) is 1. The van der Waals surface area contributed by atoms with Crippen LogP contribution < -0.4 is 11.1 Å². The number of non-ortho nitro benzene ring substituents is 1. The van der Waals surface area contributed by atoms with Crippen LogP contribution in [0.3, 0.4) is 0 Å². The summed E-state index contributed by atoms with van der Waals surface area (Å²) in [6.07, 6.45) is 2.55. The number of thioether (sulfide) groups is 1. The van der Waals surface area contributed by atoms with Gasteiger partial charge >= 0.3 is 0 Å². The SMILES string of the molecule is CSCC[C@@H](N)C(=O)Nc1ccc([N+](=O)[O-])cc1C. The lowest BCUT2D eigenvalue weighted by atomic mass is 10.1. The van der Waals surface area contributed by atoms with E-state index in [4.69, 9.17) is 5.73 Å². The molecule has 1 amide bonds. The van der Waals surface area contributed by atoms with Crippen LogP contribution in [-0.2, 0) is 4.79 Å². The first-order valence-corrected chi connectivity index (χ1v) is 7.15. The number of amides is 1. The summed E-state index contributed by atoms with van der Waals surface area (Å²) < 4.78 is 0. The van der Waals surface area contributed by atoms with Gasteiger partial charge in [-0.25, -0.2) is 0 Å². The molecular formula is C12H17N3O3S. The molecule has 0 radical (unpaired) electrons. The van der Waals surface area contributed by atoms with Crippen LogP contribution in [0.15, 0.2) is 18.2 Å². The van der Waals surface area contributed by atoms with Gasteiger partial charge in [-0.15, -0.1) is 0 Å².